The topological polar surface area (TPSA) is 129 Å². The molecule has 2 N–H and O–H groups in total. The van der Waals surface area contributed by atoms with E-state index in [1.165, 1.54) is 23.5 Å². The number of aromatic nitrogens is 1. The highest BCUT2D eigenvalue weighted by Crippen LogP contribution is 2.27. The monoisotopic (exact) mass is 425 g/mol. The summed E-state index contributed by atoms with van der Waals surface area (Å²) in [6.45, 7) is 0.549. The third-order valence-electron chi connectivity index (χ3n) is 3.90. The Morgan fingerprint density at radius 3 is 2.93 bits per heavy atom. The first-order valence-electron chi connectivity index (χ1n) is 8.45. The van der Waals surface area contributed by atoms with Gasteiger partial charge in [0, 0.05) is 40.2 Å². The fraction of sp³-hybridized carbons (Fsp3) is 0.111. The van der Waals surface area contributed by atoms with Crippen LogP contribution in [-0.2, 0) is 6.42 Å². The van der Waals surface area contributed by atoms with Crippen LogP contribution in [-0.4, -0.2) is 21.6 Å². The predicted molar refractivity (Wildman–Crippen MR) is 117 cm³/mol. The Kier molecular flexibility index (Phi) is 6.69. The van der Waals surface area contributed by atoms with Gasteiger partial charge < -0.3 is 10.6 Å². The molecule has 0 aliphatic heterocycles. The van der Waals surface area contributed by atoms with E-state index in [9.17, 15) is 10.1 Å². The fourth-order valence-corrected chi connectivity index (χ4v) is 3.55. The Morgan fingerprint density at radius 2 is 2.14 bits per heavy atom. The van der Waals surface area contributed by atoms with E-state index in [-0.39, 0.29) is 5.69 Å². The molecule has 0 saturated heterocycles. The smallest absolute Gasteiger partial charge is 0.270 e. The summed E-state index contributed by atoms with van der Waals surface area (Å²) in [5.41, 5.74) is 11.4. The third-order valence-corrected chi connectivity index (χ3v) is 4.91. The molecule has 146 valence electrons. The first-order valence-corrected chi connectivity index (χ1v) is 9.74. The lowest BCUT2D eigenvalue weighted by atomic mass is 10.1. The number of anilines is 1. The molecule has 0 bridgehead atoms. The van der Waals surface area contributed by atoms with Crippen molar-refractivity contribution in [1.82, 2.24) is 10.3 Å². The van der Waals surface area contributed by atoms with Crippen LogP contribution in [0.4, 0.5) is 16.5 Å². The van der Waals surface area contributed by atoms with Crippen molar-refractivity contribution < 1.29 is 4.92 Å². The summed E-state index contributed by atoms with van der Waals surface area (Å²) in [6.07, 6.45) is 0.633. The van der Waals surface area contributed by atoms with Crippen molar-refractivity contribution in [3.05, 3.63) is 80.0 Å². The highest BCUT2D eigenvalue weighted by atomic mass is 32.1. The van der Waals surface area contributed by atoms with E-state index >= 15 is 0 Å². The molecule has 0 unspecified atom stereocenters. The molecule has 1 aromatic heterocycles. The van der Waals surface area contributed by atoms with Gasteiger partial charge in [-0.15, -0.1) is 11.3 Å². The molecule has 3 aromatic rings. The standard InChI is InChI=1S/C18H15N7O2S2/c19-24-23-15-7-2-1-4-12(15)8-9-20-17(28)22-18-21-16(11-29-18)13-5-3-6-14(10-13)25(26)27/h1-7,10-11H,8-9H2,(H2,20,21,22,28). The first kappa shape index (κ1) is 20.2. The number of hydrogen-bond donors (Lipinski definition) is 2. The number of thiazole rings is 1. The van der Waals surface area contributed by atoms with Crippen molar-refractivity contribution in [3.8, 4) is 11.3 Å². The number of hydrogen-bond acceptors (Lipinski definition) is 6. The van der Waals surface area contributed by atoms with Gasteiger partial charge in [0.05, 0.1) is 10.6 Å². The molecule has 29 heavy (non-hydrogen) atoms. The zero-order valence-electron chi connectivity index (χ0n) is 15.0. The van der Waals surface area contributed by atoms with Crippen molar-refractivity contribution in [3.63, 3.8) is 0 Å². The van der Waals surface area contributed by atoms with Crippen LogP contribution in [0.3, 0.4) is 0 Å². The van der Waals surface area contributed by atoms with E-state index in [1.54, 1.807) is 23.6 Å². The summed E-state index contributed by atoms with van der Waals surface area (Å²) in [5.74, 6) is 0. The molecule has 0 saturated carbocycles. The van der Waals surface area contributed by atoms with Crippen molar-refractivity contribution in [2.24, 2.45) is 5.11 Å². The number of benzene rings is 2. The van der Waals surface area contributed by atoms with E-state index in [0.717, 1.165) is 5.56 Å². The average Bonchev–Trinajstić information content (AvgIpc) is 3.18. The lowest BCUT2D eigenvalue weighted by Crippen LogP contribution is -2.30. The van der Waals surface area contributed by atoms with E-state index in [2.05, 4.69) is 25.6 Å². The normalized spacial score (nSPS) is 10.1. The molecule has 0 atom stereocenters. The van der Waals surface area contributed by atoms with Gasteiger partial charge in [0.25, 0.3) is 5.69 Å². The number of azide groups is 1. The van der Waals surface area contributed by atoms with Crippen LogP contribution in [0.2, 0.25) is 0 Å². The largest absolute Gasteiger partial charge is 0.362 e. The molecule has 1 heterocycles. The molecule has 0 amide bonds. The molecule has 0 fully saturated rings. The van der Waals surface area contributed by atoms with Gasteiger partial charge in [-0.1, -0.05) is 41.5 Å². The molecule has 0 aliphatic carbocycles. The minimum absolute atomic E-state index is 0.0169. The molecule has 11 heteroatoms. The second-order valence-corrected chi connectivity index (χ2v) is 7.06. The molecular formula is C18H15N7O2S2. The Balaban J connectivity index is 1.56. The van der Waals surface area contributed by atoms with E-state index in [0.29, 0.717) is 40.2 Å². The molecule has 2 aromatic carbocycles. The van der Waals surface area contributed by atoms with Crippen LogP contribution >= 0.6 is 23.6 Å². The molecule has 0 aliphatic rings. The quantitative estimate of drug-likeness (QED) is 0.134. The minimum atomic E-state index is -0.436. The molecule has 0 spiro atoms. The van der Waals surface area contributed by atoms with Crippen molar-refractivity contribution in [2.45, 2.75) is 6.42 Å². The zero-order valence-corrected chi connectivity index (χ0v) is 16.6. The van der Waals surface area contributed by atoms with Gasteiger partial charge in [-0.2, -0.15) is 0 Å². The maximum atomic E-state index is 10.9. The molecule has 3 rings (SSSR count). The van der Waals surface area contributed by atoms with E-state index in [4.69, 9.17) is 17.7 Å². The van der Waals surface area contributed by atoms with Crippen LogP contribution in [0.15, 0.2) is 59.0 Å². The summed E-state index contributed by atoms with van der Waals surface area (Å²) >= 11 is 6.64. The first-order chi connectivity index (χ1) is 14.1. The molecular weight excluding hydrogens is 410 g/mol. The lowest BCUT2D eigenvalue weighted by molar-refractivity contribution is -0.384. The van der Waals surface area contributed by atoms with Crippen LogP contribution < -0.4 is 10.6 Å². The fourth-order valence-electron chi connectivity index (χ4n) is 2.56. The average molecular weight is 425 g/mol. The van der Waals surface area contributed by atoms with Crippen LogP contribution in [0.5, 0.6) is 0 Å². The number of rotatable bonds is 7. The number of nitrogens with one attached hydrogen (secondary N) is 2. The van der Waals surface area contributed by atoms with Gasteiger partial charge in [-0.05, 0) is 29.7 Å². The molecule has 9 nitrogen and oxygen atoms in total. The second kappa shape index (κ2) is 9.60. The number of nitrogens with zero attached hydrogens (tertiary/aromatic N) is 5. The van der Waals surface area contributed by atoms with E-state index in [1.807, 2.05) is 18.2 Å². The number of non-ortho nitro benzene ring substituents is 1. The van der Waals surface area contributed by atoms with Gasteiger partial charge in [-0.25, -0.2) is 4.98 Å². The number of nitro groups is 1. The summed E-state index contributed by atoms with van der Waals surface area (Å²) < 4.78 is 0. The van der Waals surface area contributed by atoms with Crippen LogP contribution in [0.1, 0.15) is 5.56 Å². The van der Waals surface area contributed by atoms with Crippen LogP contribution in [0.25, 0.3) is 21.7 Å². The van der Waals surface area contributed by atoms with Gasteiger partial charge in [0.2, 0.25) is 0 Å². The van der Waals surface area contributed by atoms with Crippen molar-refractivity contribution in [2.75, 3.05) is 11.9 Å². The molecule has 0 radical (unpaired) electrons. The highest BCUT2D eigenvalue weighted by molar-refractivity contribution is 7.80. The summed E-state index contributed by atoms with van der Waals surface area (Å²) in [6, 6.07) is 13.7. The summed E-state index contributed by atoms with van der Waals surface area (Å²) in [4.78, 5) is 17.7. The number of nitro benzene ring substituents is 1. The lowest BCUT2D eigenvalue weighted by Gasteiger charge is -2.09. The second-order valence-electron chi connectivity index (χ2n) is 5.79. The minimum Gasteiger partial charge on any atom is -0.362 e. The van der Waals surface area contributed by atoms with E-state index < -0.39 is 4.92 Å². The highest BCUT2D eigenvalue weighted by Gasteiger charge is 2.10. The van der Waals surface area contributed by atoms with Gasteiger partial charge >= 0.3 is 0 Å². The number of thiocarbonyl (C=S) groups is 1. The summed E-state index contributed by atoms with van der Waals surface area (Å²) in [7, 11) is 0. The third kappa shape index (κ3) is 5.48. The SMILES string of the molecule is [N-]=[N+]=Nc1ccccc1CCNC(=S)Nc1nc(-c2cccc([N+](=O)[O-])c2)cs1. The van der Waals surface area contributed by atoms with Crippen molar-refractivity contribution >= 4 is 45.2 Å². The van der Waals surface area contributed by atoms with Gasteiger partial charge in [0.1, 0.15) is 0 Å². The van der Waals surface area contributed by atoms with Gasteiger partial charge in [0.15, 0.2) is 10.2 Å². The van der Waals surface area contributed by atoms with Crippen LogP contribution in [0, 0.1) is 10.1 Å². The maximum absolute atomic E-state index is 10.9. The maximum Gasteiger partial charge on any atom is 0.270 e. The predicted octanol–water partition coefficient (Wildman–Crippen LogP) is 5.19. The van der Waals surface area contributed by atoms with Crippen molar-refractivity contribution in [1.29, 1.82) is 0 Å². The van der Waals surface area contributed by atoms with Gasteiger partial charge in [-0.3, -0.25) is 10.1 Å². The Labute approximate surface area is 175 Å². The Bertz CT molecular complexity index is 1090. The Hall–Kier alpha value is -3.53. The zero-order chi connectivity index (χ0) is 20.6. The summed E-state index contributed by atoms with van der Waals surface area (Å²) in [5, 5.41) is 23.5. The Morgan fingerprint density at radius 1 is 1.31 bits per heavy atom.